The fourth-order valence-electron chi connectivity index (χ4n) is 2.26. The lowest BCUT2D eigenvalue weighted by atomic mass is 10.1. The molecule has 0 heterocycles. The first-order valence-electron chi connectivity index (χ1n) is 7.44. The summed E-state index contributed by atoms with van der Waals surface area (Å²) in [7, 11) is 0. The van der Waals surface area contributed by atoms with Gasteiger partial charge in [0.1, 0.15) is 0 Å². The molecular weight excluding hydrogens is 437 g/mol. The van der Waals surface area contributed by atoms with Crippen molar-refractivity contribution in [1.29, 1.82) is 0 Å². The minimum atomic E-state index is -0.509. The molecule has 2 aromatic rings. The van der Waals surface area contributed by atoms with Crippen molar-refractivity contribution in [2.45, 2.75) is 13.0 Å². The van der Waals surface area contributed by atoms with E-state index < -0.39 is 10.8 Å². The summed E-state index contributed by atoms with van der Waals surface area (Å²) < 4.78 is 0.480. The molecule has 130 valence electrons. The molecule has 2 amide bonds. The standard InChI is InChI=1S/C17H16IN3O4/c18-15-10-13(21(24)25)6-7-14(15)17(23)20(9-8-16(19)22)11-12-4-2-1-3-5-12/h1-7,10H,8-9,11H2,(H2,19,22). The number of nitro groups is 1. The van der Waals surface area contributed by atoms with E-state index in [0.717, 1.165) is 5.56 Å². The molecule has 2 aromatic carbocycles. The molecule has 2 rings (SSSR count). The van der Waals surface area contributed by atoms with Crippen LogP contribution in [0, 0.1) is 13.7 Å². The van der Waals surface area contributed by atoms with Gasteiger partial charge < -0.3 is 10.6 Å². The van der Waals surface area contributed by atoms with Crippen LogP contribution in [0.1, 0.15) is 22.3 Å². The van der Waals surface area contributed by atoms with Gasteiger partial charge in [0.15, 0.2) is 0 Å². The second-order valence-corrected chi connectivity index (χ2v) is 6.51. The van der Waals surface area contributed by atoms with Gasteiger partial charge in [0.05, 0.1) is 10.5 Å². The average molecular weight is 453 g/mol. The van der Waals surface area contributed by atoms with E-state index in [1.807, 2.05) is 52.9 Å². The number of carbonyl (C=O) groups is 2. The number of benzene rings is 2. The molecule has 0 aliphatic carbocycles. The van der Waals surface area contributed by atoms with Gasteiger partial charge in [-0.05, 0) is 34.2 Å². The molecule has 25 heavy (non-hydrogen) atoms. The molecule has 0 spiro atoms. The first-order chi connectivity index (χ1) is 11.9. The lowest BCUT2D eigenvalue weighted by Gasteiger charge is -2.23. The number of nitrogens with zero attached hydrogens (tertiary/aromatic N) is 2. The van der Waals surface area contributed by atoms with Crippen LogP contribution in [0.2, 0.25) is 0 Å². The molecule has 0 aromatic heterocycles. The third kappa shape index (κ3) is 5.24. The maximum Gasteiger partial charge on any atom is 0.270 e. The van der Waals surface area contributed by atoms with E-state index in [-0.39, 0.29) is 24.6 Å². The highest BCUT2D eigenvalue weighted by Crippen LogP contribution is 2.22. The topological polar surface area (TPSA) is 107 Å². The van der Waals surface area contributed by atoms with Crippen molar-refractivity contribution in [2.75, 3.05) is 6.54 Å². The fourth-order valence-corrected chi connectivity index (χ4v) is 2.99. The minimum absolute atomic E-state index is 0.0438. The first-order valence-corrected chi connectivity index (χ1v) is 8.52. The Morgan fingerprint density at radius 1 is 1.16 bits per heavy atom. The third-order valence-electron chi connectivity index (χ3n) is 3.53. The Morgan fingerprint density at radius 2 is 1.84 bits per heavy atom. The van der Waals surface area contributed by atoms with E-state index in [1.54, 1.807) is 0 Å². The van der Waals surface area contributed by atoms with Gasteiger partial charge in [0, 0.05) is 35.2 Å². The molecule has 0 unspecified atom stereocenters. The van der Waals surface area contributed by atoms with Crippen molar-refractivity contribution in [3.8, 4) is 0 Å². The number of nitro benzene ring substituents is 1. The smallest absolute Gasteiger partial charge is 0.270 e. The predicted octanol–water partition coefficient (Wildman–Crippen LogP) is 2.72. The Kier molecular flexibility index (Phi) is 6.45. The van der Waals surface area contributed by atoms with Crippen molar-refractivity contribution < 1.29 is 14.5 Å². The highest BCUT2D eigenvalue weighted by atomic mass is 127. The number of hydrogen-bond donors (Lipinski definition) is 1. The molecule has 0 atom stereocenters. The van der Waals surface area contributed by atoms with Crippen LogP contribution in [-0.4, -0.2) is 28.2 Å². The Bertz CT molecular complexity index is 796. The number of carbonyl (C=O) groups excluding carboxylic acids is 2. The van der Waals surface area contributed by atoms with Crippen molar-refractivity contribution in [3.63, 3.8) is 0 Å². The zero-order chi connectivity index (χ0) is 18.4. The van der Waals surface area contributed by atoms with E-state index in [0.29, 0.717) is 15.7 Å². The van der Waals surface area contributed by atoms with E-state index >= 15 is 0 Å². The molecule has 0 aliphatic rings. The van der Waals surface area contributed by atoms with Crippen LogP contribution in [0.15, 0.2) is 48.5 Å². The van der Waals surface area contributed by atoms with Gasteiger partial charge in [-0.25, -0.2) is 0 Å². The zero-order valence-corrected chi connectivity index (χ0v) is 15.4. The summed E-state index contributed by atoms with van der Waals surface area (Å²) in [6.07, 6.45) is 0.0438. The van der Waals surface area contributed by atoms with Gasteiger partial charge in [0.25, 0.3) is 11.6 Å². The van der Waals surface area contributed by atoms with E-state index in [4.69, 9.17) is 5.73 Å². The van der Waals surface area contributed by atoms with Crippen molar-refractivity contribution >= 4 is 40.1 Å². The Labute approximate surface area is 158 Å². The molecule has 8 heteroatoms. The van der Waals surface area contributed by atoms with Gasteiger partial charge in [-0.1, -0.05) is 30.3 Å². The first kappa shape index (κ1) is 18.8. The Morgan fingerprint density at radius 3 is 2.40 bits per heavy atom. The summed E-state index contributed by atoms with van der Waals surface area (Å²) in [6.45, 7) is 0.496. The summed E-state index contributed by atoms with van der Waals surface area (Å²) in [5, 5.41) is 10.8. The number of hydrogen-bond acceptors (Lipinski definition) is 4. The molecule has 0 fully saturated rings. The quantitative estimate of drug-likeness (QED) is 0.395. The molecule has 0 saturated carbocycles. The fraction of sp³-hybridized carbons (Fsp3) is 0.176. The van der Waals surface area contributed by atoms with Gasteiger partial charge >= 0.3 is 0 Å². The maximum absolute atomic E-state index is 12.9. The molecular formula is C17H16IN3O4. The summed E-state index contributed by atoms with van der Waals surface area (Å²) in [6, 6.07) is 13.4. The van der Waals surface area contributed by atoms with Crippen LogP contribution in [0.25, 0.3) is 0 Å². The SMILES string of the molecule is NC(=O)CCN(Cc1ccccc1)C(=O)c1ccc([N+](=O)[O-])cc1I. The minimum Gasteiger partial charge on any atom is -0.370 e. The van der Waals surface area contributed by atoms with Crippen LogP contribution in [0.4, 0.5) is 5.69 Å². The van der Waals surface area contributed by atoms with Crippen molar-refractivity contribution in [2.24, 2.45) is 5.73 Å². The average Bonchev–Trinajstić information content (AvgIpc) is 2.58. The Balaban J connectivity index is 2.27. The van der Waals surface area contributed by atoms with Crippen LogP contribution >= 0.6 is 22.6 Å². The summed E-state index contributed by atoms with van der Waals surface area (Å²) in [5.74, 6) is -0.798. The molecule has 0 aliphatic heterocycles. The normalized spacial score (nSPS) is 10.3. The van der Waals surface area contributed by atoms with E-state index in [9.17, 15) is 19.7 Å². The number of amides is 2. The number of non-ortho nitro benzene ring substituents is 1. The molecule has 2 N–H and O–H groups in total. The lowest BCUT2D eigenvalue weighted by molar-refractivity contribution is -0.384. The second-order valence-electron chi connectivity index (χ2n) is 5.35. The van der Waals surface area contributed by atoms with Crippen LogP contribution in [0.3, 0.4) is 0 Å². The third-order valence-corrected chi connectivity index (χ3v) is 4.42. The zero-order valence-electron chi connectivity index (χ0n) is 13.2. The maximum atomic E-state index is 12.9. The van der Waals surface area contributed by atoms with Crippen LogP contribution < -0.4 is 5.73 Å². The number of nitrogens with two attached hydrogens (primary N) is 1. The van der Waals surface area contributed by atoms with E-state index in [1.165, 1.54) is 23.1 Å². The van der Waals surface area contributed by atoms with Gasteiger partial charge in [-0.3, -0.25) is 19.7 Å². The number of rotatable bonds is 7. The predicted molar refractivity (Wildman–Crippen MR) is 101 cm³/mol. The van der Waals surface area contributed by atoms with Crippen LogP contribution in [-0.2, 0) is 11.3 Å². The number of primary amides is 1. The molecule has 0 bridgehead atoms. The molecule has 7 nitrogen and oxygen atoms in total. The summed E-state index contributed by atoms with van der Waals surface area (Å²) in [4.78, 5) is 35.8. The summed E-state index contributed by atoms with van der Waals surface area (Å²) >= 11 is 1.90. The van der Waals surface area contributed by atoms with Gasteiger partial charge in [-0.2, -0.15) is 0 Å². The molecule has 0 saturated heterocycles. The molecule has 0 radical (unpaired) electrons. The second kappa shape index (κ2) is 8.56. The lowest BCUT2D eigenvalue weighted by Crippen LogP contribution is -2.34. The monoisotopic (exact) mass is 453 g/mol. The highest BCUT2D eigenvalue weighted by Gasteiger charge is 2.21. The Hall–Kier alpha value is -2.49. The van der Waals surface area contributed by atoms with Gasteiger partial charge in [0.2, 0.25) is 5.91 Å². The largest absolute Gasteiger partial charge is 0.370 e. The van der Waals surface area contributed by atoms with Gasteiger partial charge in [-0.15, -0.1) is 0 Å². The van der Waals surface area contributed by atoms with Crippen molar-refractivity contribution in [3.05, 3.63) is 73.3 Å². The number of halogens is 1. The van der Waals surface area contributed by atoms with Crippen LogP contribution in [0.5, 0.6) is 0 Å². The summed E-state index contributed by atoms with van der Waals surface area (Å²) in [5.41, 5.74) is 6.39. The van der Waals surface area contributed by atoms with Crippen molar-refractivity contribution in [1.82, 2.24) is 4.90 Å². The van der Waals surface area contributed by atoms with E-state index in [2.05, 4.69) is 0 Å². The highest BCUT2D eigenvalue weighted by molar-refractivity contribution is 14.1.